The van der Waals surface area contributed by atoms with E-state index in [1.54, 1.807) is 0 Å². The van der Waals surface area contributed by atoms with Crippen LogP contribution in [0.3, 0.4) is 0 Å². The van der Waals surface area contributed by atoms with Crippen LogP contribution >= 0.6 is 0 Å². The first kappa shape index (κ1) is 30.4. The summed E-state index contributed by atoms with van der Waals surface area (Å²) in [7, 11) is 0. The van der Waals surface area contributed by atoms with Crippen LogP contribution in [0.2, 0.25) is 0 Å². The summed E-state index contributed by atoms with van der Waals surface area (Å²) in [5.41, 5.74) is 13.0. The maximum absolute atomic E-state index is 2.38. The molecule has 0 aliphatic heterocycles. The molecule has 9 rings (SSSR count). The Balaban J connectivity index is 1.09. The molecule has 0 aromatic heterocycles. The molecule has 0 unspecified atom stereocenters. The normalized spacial score (nSPS) is 11.1. The lowest BCUT2D eigenvalue weighted by Crippen LogP contribution is -2.11. The summed E-state index contributed by atoms with van der Waals surface area (Å²) in [4.78, 5) is 2.38. The molecule has 0 radical (unpaired) electrons. The molecule has 0 atom stereocenters. The fraction of sp³-hybridized carbons (Fsp3) is 0. The van der Waals surface area contributed by atoms with Crippen molar-refractivity contribution in [1.82, 2.24) is 0 Å². The fourth-order valence-corrected chi connectivity index (χ4v) is 7.19. The van der Waals surface area contributed by atoms with Crippen molar-refractivity contribution in [3.05, 3.63) is 212 Å². The third-order valence-electron chi connectivity index (χ3n) is 9.82. The van der Waals surface area contributed by atoms with Crippen LogP contribution in [0.5, 0.6) is 0 Å². The summed E-state index contributed by atoms with van der Waals surface area (Å²) in [6.45, 7) is 0. The lowest BCUT2D eigenvalue weighted by molar-refractivity contribution is 1.28. The highest BCUT2D eigenvalue weighted by atomic mass is 15.1. The van der Waals surface area contributed by atoms with Crippen LogP contribution in [0, 0.1) is 0 Å². The Morgan fingerprint density at radius 3 is 1.37 bits per heavy atom. The minimum atomic E-state index is 1.10. The van der Waals surface area contributed by atoms with Gasteiger partial charge in [-0.1, -0.05) is 164 Å². The smallest absolute Gasteiger partial charge is 0.0540 e. The lowest BCUT2D eigenvalue weighted by Gasteiger charge is -2.28. The molecule has 0 N–H and O–H groups in total. The molecule has 0 bridgehead atoms. The number of para-hydroxylation sites is 1. The lowest BCUT2D eigenvalue weighted by atomic mass is 9.96. The zero-order chi connectivity index (χ0) is 34.0. The summed E-state index contributed by atoms with van der Waals surface area (Å²) < 4.78 is 0. The van der Waals surface area contributed by atoms with E-state index in [0.717, 1.165) is 17.1 Å². The van der Waals surface area contributed by atoms with Crippen molar-refractivity contribution in [3.8, 4) is 44.5 Å². The molecule has 240 valence electrons. The quantitative estimate of drug-likeness (QED) is 0.166. The maximum atomic E-state index is 2.38. The van der Waals surface area contributed by atoms with E-state index >= 15 is 0 Å². The highest BCUT2D eigenvalue weighted by Crippen LogP contribution is 2.42. The Labute approximate surface area is 299 Å². The van der Waals surface area contributed by atoms with Crippen molar-refractivity contribution in [2.24, 2.45) is 0 Å². The number of hydrogen-bond acceptors (Lipinski definition) is 1. The van der Waals surface area contributed by atoms with Gasteiger partial charge < -0.3 is 4.90 Å². The first-order chi connectivity index (χ1) is 25.3. The van der Waals surface area contributed by atoms with Gasteiger partial charge in [0.1, 0.15) is 0 Å². The van der Waals surface area contributed by atoms with E-state index in [-0.39, 0.29) is 0 Å². The zero-order valence-corrected chi connectivity index (χ0v) is 28.2. The van der Waals surface area contributed by atoms with Crippen molar-refractivity contribution in [2.45, 2.75) is 0 Å². The minimum absolute atomic E-state index is 1.10. The number of nitrogens with zero attached hydrogens (tertiary/aromatic N) is 1. The van der Waals surface area contributed by atoms with Gasteiger partial charge in [-0.15, -0.1) is 0 Å². The Hall–Kier alpha value is -6.70. The third kappa shape index (κ3) is 6.07. The first-order valence-corrected chi connectivity index (χ1v) is 17.5. The van der Waals surface area contributed by atoms with Crippen LogP contribution in [0.15, 0.2) is 212 Å². The number of benzene rings is 9. The second-order valence-corrected chi connectivity index (χ2v) is 13.0. The Kier molecular flexibility index (Phi) is 7.92. The van der Waals surface area contributed by atoms with Crippen LogP contribution in [0.1, 0.15) is 0 Å². The molecule has 1 nitrogen and oxygen atoms in total. The average Bonchev–Trinajstić information content (AvgIpc) is 3.21. The number of anilines is 3. The molecule has 9 aromatic rings. The van der Waals surface area contributed by atoms with Crippen molar-refractivity contribution < 1.29 is 0 Å². The zero-order valence-electron chi connectivity index (χ0n) is 28.2. The second-order valence-electron chi connectivity index (χ2n) is 13.0. The largest absolute Gasteiger partial charge is 0.310 e. The molecule has 0 amide bonds. The highest BCUT2D eigenvalue weighted by Gasteiger charge is 2.18. The van der Waals surface area contributed by atoms with Gasteiger partial charge in [-0.3, -0.25) is 0 Å². The fourth-order valence-electron chi connectivity index (χ4n) is 7.19. The van der Waals surface area contributed by atoms with Crippen LogP contribution in [0.25, 0.3) is 66.1 Å². The Morgan fingerprint density at radius 1 is 0.235 bits per heavy atom. The standard InChI is InChI=1S/C50H35N/c1-3-12-36(13-4-1)41-18-11-19-48(35-41)51(50-21-10-9-20-49(50)39-15-5-2-6-16-39)47-30-28-38(29-31-47)42-24-25-45-34-46(27-26-44(45)33-42)43-23-22-37-14-7-8-17-40(37)32-43/h1-35H. The molecule has 1 heteroatoms. The van der Waals surface area contributed by atoms with Gasteiger partial charge in [0.05, 0.1) is 5.69 Å². The summed E-state index contributed by atoms with van der Waals surface area (Å²) in [5.74, 6) is 0. The van der Waals surface area contributed by atoms with E-state index in [1.807, 2.05) is 0 Å². The van der Waals surface area contributed by atoms with Gasteiger partial charge in [0.25, 0.3) is 0 Å². The van der Waals surface area contributed by atoms with Gasteiger partial charge >= 0.3 is 0 Å². The number of rotatable bonds is 7. The van der Waals surface area contributed by atoms with Crippen molar-refractivity contribution in [3.63, 3.8) is 0 Å². The molecule has 0 saturated heterocycles. The van der Waals surface area contributed by atoms with E-state index in [2.05, 4.69) is 217 Å². The van der Waals surface area contributed by atoms with Gasteiger partial charge in [0, 0.05) is 16.9 Å². The molecular weight excluding hydrogens is 615 g/mol. The van der Waals surface area contributed by atoms with Crippen molar-refractivity contribution in [1.29, 1.82) is 0 Å². The average molecular weight is 650 g/mol. The highest BCUT2D eigenvalue weighted by molar-refractivity contribution is 5.94. The van der Waals surface area contributed by atoms with E-state index in [0.29, 0.717) is 0 Å². The molecule has 0 aliphatic carbocycles. The molecule has 0 spiro atoms. The van der Waals surface area contributed by atoms with Gasteiger partial charge in [0.15, 0.2) is 0 Å². The van der Waals surface area contributed by atoms with Crippen molar-refractivity contribution in [2.75, 3.05) is 4.90 Å². The van der Waals surface area contributed by atoms with Crippen LogP contribution in [-0.4, -0.2) is 0 Å². The number of hydrogen-bond donors (Lipinski definition) is 0. The predicted octanol–water partition coefficient (Wildman–Crippen LogP) is 14.1. The van der Waals surface area contributed by atoms with E-state index < -0.39 is 0 Å². The van der Waals surface area contributed by atoms with E-state index in [1.165, 1.54) is 66.1 Å². The van der Waals surface area contributed by atoms with Crippen LogP contribution in [-0.2, 0) is 0 Å². The molecule has 0 saturated carbocycles. The summed E-state index contributed by atoms with van der Waals surface area (Å²) in [6.07, 6.45) is 0. The molecule has 0 fully saturated rings. The summed E-state index contributed by atoms with van der Waals surface area (Å²) in [6, 6.07) is 76.6. The van der Waals surface area contributed by atoms with E-state index in [9.17, 15) is 0 Å². The summed E-state index contributed by atoms with van der Waals surface area (Å²) >= 11 is 0. The monoisotopic (exact) mass is 649 g/mol. The first-order valence-electron chi connectivity index (χ1n) is 17.5. The van der Waals surface area contributed by atoms with Gasteiger partial charge in [-0.25, -0.2) is 0 Å². The van der Waals surface area contributed by atoms with Crippen LogP contribution < -0.4 is 4.90 Å². The minimum Gasteiger partial charge on any atom is -0.310 e. The van der Waals surface area contributed by atoms with Gasteiger partial charge in [0.2, 0.25) is 0 Å². The molecule has 0 aliphatic rings. The SMILES string of the molecule is c1ccc(-c2cccc(N(c3ccc(-c4ccc5cc(-c6ccc7ccccc7c6)ccc5c4)cc3)c3ccccc3-c3ccccc3)c2)cc1. The summed E-state index contributed by atoms with van der Waals surface area (Å²) in [5, 5.41) is 5.00. The van der Waals surface area contributed by atoms with E-state index in [4.69, 9.17) is 0 Å². The number of fused-ring (bicyclic) bond motifs is 2. The Morgan fingerprint density at radius 2 is 0.686 bits per heavy atom. The topological polar surface area (TPSA) is 3.24 Å². The second kappa shape index (κ2) is 13.3. The maximum Gasteiger partial charge on any atom is 0.0540 e. The third-order valence-corrected chi connectivity index (χ3v) is 9.82. The molecule has 0 heterocycles. The Bertz CT molecular complexity index is 2620. The molecular formula is C50H35N. The molecule has 9 aromatic carbocycles. The van der Waals surface area contributed by atoms with Gasteiger partial charge in [-0.05, 0) is 109 Å². The van der Waals surface area contributed by atoms with Crippen molar-refractivity contribution >= 4 is 38.6 Å². The van der Waals surface area contributed by atoms with Crippen LogP contribution in [0.4, 0.5) is 17.1 Å². The predicted molar refractivity (Wildman–Crippen MR) is 218 cm³/mol. The molecule has 51 heavy (non-hydrogen) atoms. The van der Waals surface area contributed by atoms with Gasteiger partial charge in [-0.2, -0.15) is 0 Å².